The van der Waals surface area contributed by atoms with Crippen LogP contribution in [0.2, 0.25) is 0 Å². The first-order valence-electron chi connectivity index (χ1n) is 12.9. The van der Waals surface area contributed by atoms with Crippen LogP contribution < -0.4 is 0 Å². The van der Waals surface area contributed by atoms with Crippen molar-refractivity contribution < 1.29 is 0 Å². The summed E-state index contributed by atoms with van der Waals surface area (Å²) in [5.41, 5.74) is 6.92. The maximum atomic E-state index is 5.07. The third-order valence-electron chi connectivity index (χ3n) is 6.79. The lowest BCUT2D eigenvalue weighted by Gasteiger charge is -2.08. The fourth-order valence-corrected chi connectivity index (χ4v) is 12.7. The second-order valence-electron chi connectivity index (χ2n) is 9.30. The summed E-state index contributed by atoms with van der Waals surface area (Å²) in [6.45, 7) is 0. The monoisotopic (exact) mass is 650 g/mol. The summed E-state index contributed by atoms with van der Waals surface area (Å²) in [7, 11) is 0. The molecular formula is C32H18N4S6. The van der Waals surface area contributed by atoms with Crippen molar-refractivity contribution in [3.63, 3.8) is 0 Å². The number of thioether (sulfide) groups is 6. The zero-order valence-corrected chi connectivity index (χ0v) is 27.1. The number of pyridine rings is 2. The molecule has 0 radical (unpaired) electrons. The van der Waals surface area contributed by atoms with Crippen LogP contribution in [0, 0.1) is 11.8 Å². The molecule has 3 aromatic heterocycles. The quantitative estimate of drug-likeness (QED) is 0.103. The summed E-state index contributed by atoms with van der Waals surface area (Å²) < 4.78 is 5.57. The van der Waals surface area contributed by atoms with Gasteiger partial charge in [-0.05, 0) is 73.2 Å². The Morgan fingerprint density at radius 1 is 0.571 bits per heavy atom. The molecular weight excluding hydrogens is 633 g/mol. The molecule has 0 aliphatic carbocycles. The SMILES string of the molecule is CSC1=C(SC)SC(=C2Sc3ccc(C#Cc4ccc5nc6c7cccnc7c7ncccc7c6nc5c4)cc3S2)S1. The van der Waals surface area contributed by atoms with Gasteiger partial charge in [0.05, 0.1) is 50.0 Å². The van der Waals surface area contributed by atoms with Gasteiger partial charge in [-0.15, -0.1) is 23.5 Å². The Labute approximate surface area is 267 Å². The largest absolute Gasteiger partial charge is 0.254 e. The van der Waals surface area contributed by atoms with Crippen LogP contribution in [0.1, 0.15) is 11.1 Å². The van der Waals surface area contributed by atoms with Gasteiger partial charge in [0.15, 0.2) is 0 Å². The van der Waals surface area contributed by atoms with Gasteiger partial charge in [-0.3, -0.25) is 9.97 Å². The van der Waals surface area contributed by atoms with Gasteiger partial charge in [0.25, 0.3) is 0 Å². The topological polar surface area (TPSA) is 51.6 Å². The van der Waals surface area contributed by atoms with Crippen molar-refractivity contribution in [2.45, 2.75) is 9.79 Å². The van der Waals surface area contributed by atoms with Gasteiger partial charge < -0.3 is 0 Å². The molecule has 2 aliphatic rings. The fourth-order valence-electron chi connectivity index (χ4n) is 4.88. The van der Waals surface area contributed by atoms with E-state index in [0.29, 0.717) is 0 Å². The number of fused-ring (bicyclic) bond motifs is 8. The molecule has 0 spiro atoms. The Morgan fingerprint density at radius 3 is 1.81 bits per heavy atom. The molecule has 6 aromatic rings. The maximum Gasteiger partial charge on any atom is 0.0996 e. The van der Waals surface area contributed by atoms with Crippen LogP contribution in [-0.2, 0) is 0 Å². The molecule has 2 aliphatic heterocycles. The van der Waals surface area contributed by atoms with E-state index in [0.717, 1.165) is 55.0 Å². The van der Waals surface area contributed by atoms with Crippen molar-refractivity contribution in [2.24, 2.45) is 0 Å². The van der Waals surface area contributed by atoms with Gasteiger partial charge in [0.1, 0.15) is 0 Å². The summed E-state index contributed by atoms with van der Waals surface area (Å²) in [5, 5.41) is 1.91. The molecule has 0 atom stereocenters. The van der Waals surface area contributed by atoms with E-state index >= 15 is 0 Å². The Bertz CT molecular complexity index is 2230. The van der Waals surface area contributed by atoms with Crippen LogP contribution in [0.15, 0.2) is 99.8 Å². The predicted octanol–water partition coefficient (Wildman–Crippen LogP) is 9.94. The standard InChI is InChI=1S/C32H18N4S6/c1-37-29-30(38-2)42-32(41-29)31-39-23-12-10-18(16-24(23)40-31)8-7-17-9-11-21-22(15-17)36-28-20-6-4-14-34-26(20)25-19(27(28)35-21)5-3-13-33-25/h3-6,9-16H,1-2H3. The van der Waals surface area contributed by atoms with E-state index in [-0.39, 0.29) is 0 Å². The third-order valence-corrected chi connectivity index (χ3v) is 15.1. The Morgan fingerprint density at radius 2 is 1.14 bits per heavy atom. The van der Waals surface area contributed by atoms with Crippen LogP contribution in [-0.4, -0.2) is 32.4 Å². The highest BCUT2D eigenvalue weighted by atomic mass is 32.3. The van der Waals surface area contributed by atoms with Crippen LogP contribution in [0.4, 0.5) is 0 Å². The minimum atomic E-state index is 0.814. The highest BCUT2D eigenvalue weighted by Crippen LogP contribution is 2.63. The Kier molecular flexibility index (Phi) is 7.06. The highest BCUT2D eigenvalue weighted by molar-refractivity contribution is 8.41. The van der Waals surface area contributed by atoms with Crippen molar-refractivity contribution in [2.75, 3.05) is 12.5 Å². The lowest BCUT2D eigenvalue weighted by Crippen LogP contribution is -1.94. The summed E-state index contributed by atoms with van der Waals surface area (Å²) in [4.78, 5) is 21.9. The minimum Gasteiger partial charge on any atom is -0.254 e. The average molecular weight is 651 g/mol. The molecule has 0 amide bonds. The highest BCUT2D eigenvalue weighted by Gasteiger charge is 2.28. The molecule has 0 saturated carbocycles. The van der Waals surface area contributed by atoms with Crippen molar-refractivity contribution in [3.05, 3.63) is 101 Å². The molecule has 8 rings (SSSR count). The van der Waals surface area contributed by atoms with Crippen molar-refractivity contribution in [1.29, 1.82) is 0 Å². The van der Waals surface area contributed by atoms with E-state index < -0.39 is 0 Å². The van der Waals surface area contributed by atoms with Crippen LogP contribution in [0.5, 0.6) is 0 Å². The van der Waals surface area contributed by atoms with Gasteiger partial charge in [-0.2, -0.15) is 0 Å². The molecule has 0 saturated heterocycles. The summed E-state index contributed by atoms with van der Waals surface area (Å²) in [6.07, 6.45) is 7.91. The third kappa shape index (κ3) is 4.67. The fraction of sp³-hybridized carbons (Fsp3) is 0.0625. The van der Waals surface area contributed by atoms with Gasteiger partial charge in [-0.25, -0.2) is 9.97 Å². The molecule has 0 N–H and O–H groups in total. The Balaban J connectivity index is 1.13. The number of benzene rings is 3. The summed E-state index contributed by atoms with van der Waals surface area (Å²) in [5.74, 6) is 6.75. The second kappa shape index (κ2) is 11.1. The molecule has 10 heteroatoms. The molecule has 5 heterocycles. The number of hydrogen-bond acceptors (Lipinski definition) is 10. The van der Waals surface area contributed by atoms with E-state index in [1.807, 2.05) is 113 Å². The van der Waals surface area contributed by atoms with E-state index in [9.17, 15) is 0 Å². The van der Waals surface area contributed by atoms with Gasteiger partial charge >= 0.3 is 0 Å². The molecule has 0 bridgehead atoms. The maximum absolute atomic E-state index is 5.07. The predicted molar refractivity (Wildman–Crippen MR) is 188 cm³/mol. The second-order valence-corrected chi connectivity index (χ2v) is 16.1. The first-order valence-corrected chi connectivity index (χ1v) is 18.6. The van der Waals surface area contributed by atoms with E-state index in [1.54, 1.807) is 12.4 Å². The minimum absolute atomic E-state index is 0.814. The first-order chi connectivity index (χ1) is 20.7. The average Bonchev–Trinajstić information content (AvgIpc) is 3.67. The molecule has 4 nitrogen and oxygen atoms in total. The Hall–Kier alpha value is -2.78. The van der Waals surface area contributed by atoms with Crippen molar-refractivity contribution in [3.8, 4) is 11.8 Å². The van der Waals surface area contributed by atoms with E-state index in [4.69, 9.17) is 9.97 Å². The number of hydrogen-bond donors (Lipinski definition) is 0. The first kappa shape index (κ1) is 26.8. The van der Waals surface area contributed by atoms with Gasteiger partial charge in [-0.1, -0.05) is 58.9 Å². The van der Waals surface area contributed by atoms with Gasteiger partial charge in [0.2, 0.25) is 0 Å². The normalized spacial score (nSPS) is 14.8. The lowest BCUT2D eigenvalue weighted by atomic mass is 10.1. The van der Waals surface area contributed by atoms with Crippen molar-refractivity contribution >= 4 is 114 Å². The summed E-state index contributed by atoms with van der Waals surface area (Å²) in [6, 6.07) is 20.5. The molecule has 42 heavy (non-hydrogen) atoms. The zero-order valence-electron chi connectivity index (χ0n) is 22.2. The number of aromatic nitrogens is 4. The number of rotatable bonds is 2. The van der Waals surface area contributed by atoms with Crippen LogP contribution in [0.3, 0.4) is 0 Å². The number of nitrogens with zero attached hydrogens (tertiary/aromatic N) is 4. The molecule has 0 fully saturated rings. The lowest BCUT2D eigenvalue weighted by molar-refractivity contribution is 1.26. The van der Waals surface area contributed by atoms with E-state index in [2.05, 4.69) is 52.5 Å². The smallest absolute Gasteiger partial charge is 0.0996 e. The molecule has 0 unspecified atom stereocenters. The summed E-state index contributed by atoms with van der Waals surface area (Å²) >= 11 is 11.2. The molecule has 202 valence electrons. The van der Waals surface area contributed by atoms with E-state index in [1.165, 1.54) is 26.7 Å². The van der Waals surface area contributed by atoms with Crippen LogP contribution in [0.25, 0.3) is 43.9 Å². The van der Waals surface area contributed by atoms with Crippen molar-refractivity contribution in [1.82, 2.24) is 19.9 Å². The molecule has 3 aromatic carbocycles. The zero-order chi connectivity index (χ0) is 28.2. The van der Waals surface area contributed by atoms with Crippen LogP contribution >= 0.6 is 70.6 Å². The van der Waals surface area contributed by atoms with Gasteiger partial charge in [0, 0.05) is 44.1 Å².